The van der Waals surface area contributed by atoms with Gasteiger partial charge in [-0.3, -0.25) is 0 Å². The van der Waals surface area contributed by atoms with Crippen LogP contribution in [0.1, 0.15) is 37.3 Å². The van der Waals surface area contributed by atoms with Crippen LogP contribution in [-0.4, -0.2) is 13.2 Å². The summed E-state index contributed by atoms with van der Waals surface area (Å²) in [5, 5.41) is 9.49. The minimum absolute atomic E-state index is 0.226. The SMILES string of the molecule is CCCCOCCC1(C#N)Cc2ccccc2C1. The largest absolute Gasteiger partial charge is 0.381 e. The summed E-state index contributed by atoms with van der Waals surface area (Å²) in [6.45, 7) is 3.69. The molecule has 0 spiro atoms. The molecule has 0 radical (unpaired) electrons. The maximum absolute atomic E-state index is 9.49. The van der Waals surface area contributed by atoms with Gasteiger partial charge < -0.3 is 4.74 Å². The number of ether oxygens (including phenoxy) is 1. The molecule has 2 rings (SSSR count). The van der Waals surface area contributed by atoms with Gasteiger partial charge in [0.25, 0.3) is 0 Å². The first kappa shape index (κ1) is 13.1. The third kappa shape index (κ3) is 2.91. The normalized spacial score (nSPS) is 16.2. The molecule has 2 nitrogen and oxygen atoms in total. The van der Waals surface area contributed by atoms with Gasteiger partial charge in [0.05, 0.1) is 11.5 Å². The molecule has 1 aliphatic carbocycles. The fraction of sp³-hybridized carbons (Fsp3) is 0.562. The van der Waals surface area contributed by atoms with Crippen molar-refractivity contribution in [2.24, 2.45) is 5.41 Å². The Bertz CT molecular complexity index is 408. The average molecular weight is 243 g/mol. The van der Waals surface area contributed by atoms with Crippen molar-refractivity contribution in [3.05, 3.63) is 35.4 Å². The number of rotatable bonds is 6. The molecule has 2 heteroatoms. The Hall–Kier alpha value is -1.33. The van der Waals surface area contributed by atoms with Gasteiger partial charge >= 0.3 is 0 Å². The molecule has 0 unspecified atom stereocenters. The summed E-state index contributed by atoms with van der Waals surface area (Å²) in [5.74, 6) is 0. The highest BCUT2D eigenvalue weighted by atomic mass is 16.5. The van der Waals surface area contributed by atoms with Crippen molar-refractivity contribution in [3.8, 4) is 6.07 Å². The number of unbranched alkanes of at least 4 members (excludes halogenated alkanes) is 1. The van der Waals surface area contributed by atoms with Crippen molar-refractivity contribution in [2.45, 2.75) is 39.0 Å². The highest BCUT2D eigenvalue weighted by molar-refractivity contribution is 5.36. The summed E-state index contributed by atoms with van der Waals surface area (Å²) < 4.78 is 5.61. The van der Waals surface area contributed by atoms with Gasteiger partial charge in [-0.2, -0.15) is 5.26 Å². The molecule has 0 saturated heterocycles. The molecule has 96 valence electrons. The third-order valence-corrected chi connectivity index (χ3v) is 3.78. The van der Waals surface area contributed by atoms with Gasteiger partial charge in [0.15, 0.2) is 0 Å². The Morgan fingerprint density at radius 1 is 1.22 bits per heavy atom. The van der Waals surface area contributed by atoms with Crippen molar-refractivity contribution >= 4 is 0 Å². The zero-order valence-electron chi connectivity index (χ0n) is 11.1. The van der Waals surface area contributed by atoms with E-state index in [0.29, 0.717) is 6.61 Å². The van der Waals surface area contributed by atoms with Crippen LogP contribution in [0, 0.1) is 16.7 Å². The zero-order valence-corrected chi connectivity index (χ0v) is 11.1. The van der Waals surface area contributed by atoms with Gasteiger partial charge in [-0.1, -0.05) is 37.6 Å². The molecule has 0 amide bonds. The summed E-state index contributed by atoms with van der Waals surface area (Å²) in [5.41, 5.74) is 2.45. The summed E-state index contributed by atoms with van der Waals surface area (Å²) in [6, 6.07) is 10.9. The Kier molecular flexibility index (Phi) is 4.38. The van der Waals surface area contributed by atoms with Gasteiger partial charge in [-0.25, -0.2) is 0 Å². The molecule has 0 fully saturated rings. The number of nitriles is 1. The molecular formula is C16H21NO. The lowest BCUT2D eigenvalue weighted by molar-refractivity contribution is 0.108. The predicted octanol–water partition coefficient (Wildman–Crippen LogP) is 3.50. The highest BCUT2D eigenvalue weighted by Gasteiger charge is 2.36. The van der Waals surface area contributed by atoms with Crippen molar-refractivity contribution in [1.29, 1.82) is 5.26 Å². The number of nitrogens with zero attached hydrogens (tertiary/aromatic N) is 1. The quantitative estimate of drug-likeness (QED) is 0.716. The molecular weight excluding hydrogens is 222 g/mol. The minimum atomic E-state index is -0.226. The van der Waals surface area contributed by atoms with E-state index >= 15 is 0 Å². The van der Waals surface area contributed by atoms with Crippen LogP contribution < -0.4 is 0 Å². The fourth-order valence-electron chi connectivity index (χ4n) is 2.62. The molecule has 0 heterocycles. The Morgan fingerprint density at radius 2 is 1.89 bits per heavy atom. The highest BCUT2D eigenvalue weighted by Crippen LogP contribution is 2.39. The van der Waals surface area contributed by atoms with Crippen LogP contribution in [0.4, 0.5) is 0 Å². The molecule has 0 bridgehead atoms. The first-order valence-electron chi connectivity index (χ1n) is 6.85. The van der Waals surface area contributed by atoms with Crippen LogP contribution in [0.5, 0.6) is 0 Å². The van der Waals surface area contributed by atoms with E-state index in [2.05, 4.69) is 37.3 Å². The summed E-state index contributed by atoms with van der Waals surface area (Å²) in [7, 11) is 0. The Morgan fingerprint density at radius 3 is 2.44 bits per heavy atom. The Balaban J connectivity index is 1.89. The summed E-state index contributed by atoms with van der Waals surface area (Å²) >= 11 is 0. The number of hydrogen-bond donors (Lipinski definition) is 0. The maximum Gasteiger partial charge on any atom is 0.0697 e. The molecule has 0 saturated carbocycles. The van der Waals surface area contributed by atoms with Gasteiger partial charge in [0, 0.05) is 13.2 Å². The lowest BCUT2D eigenvalue weighted by Gasteiger charge is -2.19. The maximum atomic E-state index is 9.49. The fourth-order valence-corrected chi connectivity index (χ4v) is 2.62. The van der Waals surface area contributed by atoms with E-state index in [1.54, 1.807) is 0 Å². The summed E-state index contributed by atoms with van der Waals surface area (Å²) in [6.07, 6.45) is 4.89. The standard InChI is InChI=1S/C16H21NO/c1-2-3-9-18-10-8-16(13-17)11-14-6-4-5-7-15(14)12-16/h4-7H,2-3,8-12H2,1H3. The molecule has 0 aromatic heterocycles. The second kappa shape index (κ2) is 6.02. The van der Waals surface area contributed by atoms with Crippen molar-refractivity contribution in [1.82, 2.24) is 0 Å². The van der Waals surface area contributed by atoms with Gasteiger partial charge in [0.2, 0.25) is 0 Å². The number of fused-ring (bicyclic) bond motifs is 1. The average Bonchev–Trinajstić information content (AvgIpc) is 2.77. The molecule has 1 aromatic rings. The number of benzene rings is 1. The summed E-state index contributed by atoms with van der Waals surface area (Å²) in [4.78, 5) is 0. The van der Waals surface area contributed by atoms with Crippen molar-refractivity contribution in [3.63, 3.8) is 0 Å². The van der Waals surface area contributed by atoms with E-state index in [1.807, 2.05) is 0 Å². The Labute approximate surface area is 110 Å². The van der Waals surface area contributed by atoms with Crippen molar-refractivity contribution in [2.75, 3.05) is 13.2 Å². The first-order chi connectivity index (χ1) is 8.79. The smallest absolute Gasteiger partial charge is 0.0697 e. The lowest BCUT2D eigenvalue weighted by atomic mass is 9.83. The van der Waals surface area contributed by atoms with Crippen LogP contribution in [0.15, 0.2) is 24.3 Å². The zero-order chi connectivity index (χ0) is 12.8. The van der Waals surface area contributed by atoms with E-state index in [4.69, 9.17) is 4.74 Å². The van der Waals surface area contributed by atoms with E-state index < -0.39 is 0 Å². The van der Waals surface area contributed by atoms with E-state index in [-0.39, 0.29) is 5.41 Å². The second-order valence-electron chi connectivity index (χ2n) is 5.23. The van der Waals surface area contributed by atoms with Gasteiger partial charge in [0.1, 0.15) is 0 Å². The first-order valence-corrected chi connectivity index (χ1v) is 6.85. The molecule has 18 heavy (non-hydrogen) atoms. The molecule has 0 aliphatic heterocycles. The van der Waals surface area contributed by atoms with Crippen LogP contribution in [0.3, 0.4) is 0 Å². The van der Waals surface area contributed by atoms with E-state index in [0.717, 1.165) is 38.7 Å². The number of hydrogen-bond acceptors (Lipinski definition) is 2. The second-order valence-corrected chi connectivity index (χ2v) is 5.23. The van der Waals surface area contributed by atoms with E-state index in [1.165, 1.54) is 11.1 Å². The van der Waals surface area contributed by atoms with Gasteiger partial charge in [-0.05, 0) is 36.8 Å². The third-order valence-electron chi connectivity index (χ3n) is 3.78. The minimum Gasteiger partial charge on any atom is -0.381 e. The van der Waals surface area contributed by atoms with Crippen LogP contribution in [0.2, 0.25) is 0 Å². The van der Waals surface area contributed by atoms with Gasteiger partial charge in [-0.15, -0.1) is 0 Å². The molecule has 0 atom stereocenters. The van der Waals surface area contributed by atoms with Crippen molar-refractivity contribution < 1.29 is 4.74 Å². The van der Waals surface area contributed by atoms with Crippen LogP contribution in [0.25, 0.3) is 0 Å². The predicted molar refractivity (Wildman–Crippen MR) is 72.2 cm³/mol. The lowest BCUT2D eigenvalue weighted by Crippen LogP contribution is -2.21. The monoisotopic (exact) mass is 243 g/mol. The molecule has 1 aliphatic rings. The molecule has 1 aromatic carbocycles. The topological polar surface area (TPSA) is 33.0 Å². The van der Waals surface area contributed by atoms with E-state index in [9.17, 15) is 5.26 Å². The van der Waals surface area contributed by atoms with Crippen LogP contribution in [-0.2, 0) is 17.6 Å². The molecule has 0 N–H and O–H groups in total. The van der Waals surface area contributed by atoms with Crippen LogP contribution >= 0.6 is 0 Å².